The van der Waals surface area contributed by atoms with E-state index in [1.54, 1.807) is 0 Å². The van der Waals surface area contributed by atoms with Gasteiger partial charge in [-0.2, -0.15) is 0 Å². The van der Waals surface area contributed by atoms with Crippen LogP contribution in [0.3, 0.4) is 0 Å². The second kappa shape index (κ2) is 6.80. The van der Waals surface area contributed by atoms with Crippen LogP contribution in [-0.4, -0.2) is 43.2 Å². The fourth-order valence-electron chi connectivity index (χ4n) is 3.25. The molecule has 21 heavy (non-hydrogen) atoms. The number of likely N-dealkylation sites (N-methyl/N-ethyl adjacent to an activating group) is 1. The molecule has 1 fully saturated rings. The van der Waals surface area contributed by atoms with Gasteiger partial charge in [0.25, 0.3) is 0 Å². The minimum atomic E-state index is 0.277. The molecule has 3 atom stereocenters. The molecular weight excluding hydrogens is 258 g/mol. The fraction of sp³-hybridized carbons (Fsp3) is 0.667. The average molecular weight is 289 g/mol. The molecule has 0 spiro atoms. The number of anilines is 1. The van der Waals surface area contributed by atoms with Crippen molar-refractivity contribution in [3.63, 3.8) is 0 Å². The smallest absolute Gasteiger partial charge is 0.0397 e. The van der Waals surface area contributed by atoms with E-state index < -0.39 is 0 Å². The number of nitrogens with zero attached hydrogens (tertiary/aromatic N) is 2. The van der Waals surface area contributed by atoms with Crippen LogP contribution in [0.5, 0.6) is 0 Å². The summed E-state index contributed by atoms with van der Waals surface area (Å²) in [5, 5.41) is 0. The lowest BCUT2D eigenvalue weighted by Gasteiger charge is -2.44. The van der Waals surface area contributed by atoms with E-state index in [1.165, 1.54) is 16.8 Å². The summed E-state index contributed by atoms with van der Waals surface area (Å²) in [6.45, 7) is 11.2. The maximum atomic E-state index is 6.07. The van der Waals surface area contributed by atoms with Crippen LogP contribution in [0.15, 0.2) is 18.2 Å². The van der Waals surface area contributed by atoms with E-state index in [1.807, 2.05) is 0 Å². The molecule has 0 aromatic heterocycles. The molecule has 2 N–H and O–H groups in total. The Balaban J connectivity index is 2.14. The molecule has 0 radical (unpaired) electrons. The molecule has 3 heteroatoms. The topological polar surface area (TPSA) is 32.5 Å². The van der Waals surface area contributed by atoms with Crippen LogP contribution in [-0.2, 0) is 6.42 Å². The van der Waals surface area contributed by atoms with Gasteiger partial charge in [-0.25, -0.2) is 0 Å². The summed E-state index contributed by atoms with van der Waals surface area (Å²) in [5.74, 6) is 0. The molecule has 3 unspecified atom stereocenters. The first kappa shape index (κ1) is 16.3. The monoisotopic (exact) mass is 289 g/mol. The normalized spacial score (nSPS) is 25.1. The van der Waals surface area contributed by atoms with Crippen LogP contribution < -0.4 is 10.6 Å². The van der Waals surface area contributed by atoms with E-state index in [2.05, 4.69) is 62.7 Å². The van der Waals surface area contributed by atoms with E-state index >= 15 is 0 Å². The van der Waals surface area contributed by atoms with Gasteiger partial charge in [-0.15, -0.1) is 0 Å². The van der Waals surface area contributed by atoms with E-state index in [0.717, 1.165) is 25.9 Å². The first-order chi connectivity index (χ1) is 9.92. The van der Waals surface area contributed by atoms with Crippen molar-refractivity contribution in [1.82, 2.24) is 4.90 Å². The lowest BCUT2D eigenvalue weighted by atomic mass is 10.0. The third-order valence-corrected chi connectivity index (χ3v) is 4.98. The van der Waals surface area contributed by atoms with Crippen molar-refractivity contribution in [2.45, 2.75) is 58.7 Å². The fourth-order valence-corrected chi connectivity index (χ4v) is 3.25. The van der Waals surface area contributed by atoms with Crippen molar-refractivity contribution in [1.29, 1.82) is 0 Å². The zero-order chi connectivity index (χ0) is 15.6. The van der Waals surface area contributed by atoms with Crippen LogP contribution >= 0.6 is 0 Å². The van der Waals surface area contributed by atoms with E-state index in [0.29, 0.717) is 12.1 Å². The van der Waals surface area contributed by atoms with Gasteiger partial charge in [-0.1, -0.05) is 19.1 Å². The minimum Gasteiger partial charge on any atom is -0.368 e. The molecular formula is C18H31N3. The highest BCUT2D eigenvalue weighted by Gasteiger charge is 2.27. The Morgan fingerprint density at radius 3 is 2.38 bits per heavy atom. The number of nitrogens with two attached hydrogens (primary N) is 1. The maximum Gasteiger partial charge on any atom is 0.0397 e. The first-order valence-electron chi connectivity index (χ1n) is 8.24. The molecule has 0 bridgehead atoms. The van der Waals surface area contributed by atoms with Gasteiger partial charge < -0.3 is 10.6 Å². The van der Waals surface area contributed by atoms with Crippen LogP contribution in [0, 0.1) is 6.92 Å². The van der Waals surface area contributed by atoms with Crippen molar-refractivity contribution in [3.05, 3.63) is 29.3 Å². The molecule has 118 valence electrons. The summed E-state index contributed by atoms with van der Waals surface area (Å²) in [5.41, 5.74) is 10.2. The van der Waals surface area contributed by atoms with Gasteiger partial charge >= 0.3 is 0 Å². The predicted octanol–water partition coefficient (Wildman–Crippen LogP) is 2.80. The Bertz CT molecular complexity index is 460. The van der Waals surface area contributed by atoms with E-state index in [9.17, 15) is 0 Å². The molecule has 1 heterocycles. The molecule has 0 saturated carbocycles. The number of rotatable bonds is 4. The lowest BCUT2D eigenvalue weighted by Crippen LogP contribution is -2.55. The van der Waals surface area contributed by atoms with Crippen LogP contribution in [0.25, 0.3) is 0 Å². The van der Waals surface area contributed by atoms with Crippen LogP contribution in [0.4, 0.5) is 5.69 Å². The Morgan fingerprint density at radius 2 is 1.86 bits per heavy atom. The predicted molar refractivity (Wildman–Crippen MR) is 92.0 cm³/mol. The largest absolute Gasteiger partial charge is 0.368 e. The molecule has 1 aromatic rings. The van der Waals surface area contributed by atoms with Gasteiger partial charge in [0.05, 0.1) is 0 Å². The Kier molecular flexibility index (Phi) is 5.28. The highest BCUT2D eigenvalue weighted by atomic mass is 15.3. The molecule has 1 aliphatic rings. The molecule has 0 amide bonds. The molecule has 1 saturated heterocycles. The number of benzene rings is 1. The summed E-state index contributed by atoms with van der Waals surface area (Å²) >= 11 is 0. The van der Waals surface area contributed by atoms with Crippen molar-refractivity contribution in [2.24, 2.45) is 5.73 Å². The zero-order valence-electron chi connectivity index (χ0n) is 14.3. The van der Waals surface area contributed by atoms with Gasteiger partial charge in [-0.3, -0.25) is 4.90 Å². The second-order valence-corrected chi connectivity index (χ2v) is 6.76. The zero-order valence-corrected chi connectivity index (χ0v) is 14.3. The molecule has 3 nitrogen and oxygen atoms in total. The van der Waals surface area contributed by atoms with E-state index in [-0.39, 0.29) is 6.04 Å². The third kappa shape index (κ3) is 3.78. The minimum absolute atomic E-state index is 0.277. The Morgan fingerprint density at radius 1 is 1.24 bits per heavy atom. The van der Waals surface area contributed by atoms with Crippen molar-refractivity contribution in [3.8, 4) is 0 Å². The Hall–Kier alpha value is -1.06. The van der Waals surface area contributed by atoms with Crippen molar-refractivity contribution in [2.75, 3.05) is 25.0 Å². The number of hydrogen-bond donors (Lipinski definition) is 1. The quantitative estimate of drug-likeness (QED) is 0.925. The van der Waals surface area contributed by atoms with Crippen LogP contribution in [0.2, 0.25) is 0 Å². The first-order valence-corrected chi connectivity index (χ1v) is 8.24. The van der Waals surface area contributed by atoms with Crippen molar-refractivity contribution >= 4 is 5.69 Å². The maximum absolute atomic E-state index is 6.07. The Labute approximate surface area is 130 Å². The standard InChI is InChI=1S/C18H31N3/c1-6-17(19)10-16-7-8-18(13(2)9-16)21-11-14(3)20(5)15(4)12-21/h7-9,14-15,17H,6,10-12,19H2,1-5H3. The highest BCUT2D eigenvalue weighted by molar-refractivity contribution is 5.55. The SMILES string of the molecule is CCC(N)Cc1ccc(N2CC(C)N(C)C(C)C2)c(C)c1. The summed E-state index contributed by atoms with van der Waals surface area (Å²) in [7, 11) is 2.23. The molecule has 1 aliphatic heterocycles. The van der Waals surface area contributed by atoms with Gasteiger partial charge in [0.2, 0.25) is 0 Å². The van der Waals surface area contributed by atoms with Gasteiger partial charge in [0.15, 0.2) is 0 Å². The van der Waals surface area contributed by atoms with Crippen LogP contribution in [0.1, 0.15) is 38.3 Å². The molecule has 2 rings (SSSR count). The van der Waals surface area contributed by atoms with Crippen molar-refractivity contribution < 1.29 is 0 Å². The summed E-state index contributed by atoms with van der Waals surface area (Å²) in [4.78, 5) is 5.01. The molecule has 1 aromatic carbocycles. The summed E-state index contributed by atoms with van der Waals surface area (Å²) < 4.78 is 0. The van der Waals surface area contributed by atoms with Gasteiger partial charge in [-0.05, 0) is 57.9 Å². The summed E-state index contributed by atoms with van der Waals surface area (Å²) in [6.07, 6.45) is 2.02. The van der Waals surface area contributed by atoms with E-state index in [4.69, 9.17) is 5.73 Å². The average Bonchev–Trinajstić information content (AvgIpc) is 2.44. The molecule has 0 aliphatic carbocycles. The van der Waals surface area contributed by atoms with Gasteiger partial charge in [0, 0.05) is 36.9 Å². The second-order valence-electron chi connectivity index (χ2n) is 6.76. The number of piperazine rings is 1. The lowest BCUT2D eigenvalue weighted by molar-refractivity contribution is 0.170. The summed E-state index contributed by atoms with van der Waals surface area (Å²) in [6, 6.07) is 8.34. The number of hydrogen-bond acceptors (Lipinski definition) is 3. The van der Waals surface area contributed by atoms with Gasteiger partial charge in [0.1, 0.15) is 0 Å². The third-order valence-electron chi connectivity index (χ3n) is 4.98. The number of aryl methyl sites for hydroxylation is 1. The highest BCUT2D eigenvalue weighted by Crippen LogP contribution is 2.26.